The van der Waals surface area contributed by atoms with Crippen LogP contribution in [0.5, 0.6) is 0 Å². The van der Waals surface area contributed by atoms with Crippen molar-refractivity contribution in [2.75, 3.05) is 13.1 Å². The summed E-state index contributed by atoms with van der Waals surface area (Å²) < 4.78 is 0. The minimum absolute atomic E-state index is 0.242. The highest BCUT2D eigenvalue weighted by Gasteiger charge is 2.27. The lowest BCUT2D eigenvalue weighted by molar-refractivity contribution is 0.297. The first kappa shape index (κ1) is 10.3. The molecule has 3 rings (SSSR count). The topological polar surface area (TPSA) is 106 Å². The molecule has 0 bridgehead atoms. The Bertz CT molecular complexity index is 663. The average Bonchev–Trinajstić information content (AvgIpc) is 2.58. The Balaban J connectivity index is 2.09. The molecule has 1 unspecified atom stereocenters. The van der Waals surface area contributed by atoms with Gasteiger partial charge < -0.3 is 10.3 Å². The standard InChI is InChI=1S/C10H13N5O2/c1-4(5-2-11-3-5)7-12-6-8(13-7)14-10(17)15-9(6)16/h4-5,11H,2-3H2,1H3,(H3,12,13,14,15,16,17). The highest BCUT2D eigenvalue weighted by Crippen LogP contribution is 2.25. The lowest BCUT2D eigenvalue weighted by Gasteiger charge is -2.31. The third kappa shape index (κ3) is 1.59. The largest absolute Gasteiger partial charge is 0.336 e. The van der Waals surface area contributed by atoms with Gasteiger partial charge in [-0.1, -0.05) is 6.92 Å². The molecule has 1 fully saturated rings. The zero-order valence-electron chi connectivity index (χ0n) is 9.33. The Morgan fingerprint density at radius 3 is 2.65 bits per heavy atom. The molecule has 0 radical (unpaired) electrons. The summed E-state index contributed by atoms with van der Waals surface area (Å²) in [6.45, 7) is 3.99. The van der Waals surface area contributed by atoms with Crippen molar-refractivity contribution in [1.29, 1.82) is 0 Å². The Labute approximate surface area is 95.7 Å². The number of aromatic amines is 3. The summed E-state index contributed by atoms with van der Waals surface area (Å²) >= 11 is 0. The number of imidazole rings is 1. The van der Waals surface area contributed by atoms with E-state index in [0.29, 0.717) is 17.1 Å². The first-order valence-electron chi connectivity index (χ1n) is 5.58. The Morgan fingerprint density at radius 1 is 1.24 bits per heavy atom. The van der Waals surface area contributed by atoms with Crippen molar-refractivity contribution in [3.63, 3.8) is 0 Å². The third-order valence-electron chi connectivity index (χ3n) is 3.36. The molecular formula is C10H13N5O2. The number of nitrogens with one attached hydrogen (secondary N) is 4. The number of nitrogens with zero attached hydrogens (tertiary/aromatic N) is 1. The third-order valence-corrected chi connectivity index (χ3v) is 3.36. The van der Waals surface area contributed by atoms with E-state index in [0.717, 1.165) is 18.9 Å². The lowest BCUT2D eigenvalue weighted by Crippen LogP contribution is -2.44. The van der Waals surface area contributed by atoms with Gasteiger partial charge in [-0.05, 0) is 19.0 Å². The van der Waals surface area contributed by atoms with Gasteiger partial charge in [0.2, 0.25) is 0 Å². The minimum Gasteiger partial charge on any atom is -0.336 e. The molecule has 17 heavy (non-hydrogen) atoms. The van der Waals surface area contributed by atoms with Gasteiger partial charge in [-0.15, -0.1) is 0 Å². The number of hydrogen-bond acceptors (Lipinski definition) is 4. The van der Waals surface area contributed by atoms with Crippen molar-refractivity contribution in [3.8, 4) is 0 Å². The second-order valence-corrected chi connectivity index (χ2v) is 4.46. The zero-order chi connectivity index (χ0) is 12.0. The summed E-state index contributed by atoms with van der Waals surface area (Å²) in [7, 11) is 0. The number of H-pyrrole nitrogens is 3. The van der Waals surface area contributed by atoms with Gasteiger partial charge >= 0.3 is 5.69 Å². The molecular weight excluding hydrogens is 222 g/mol. The fraction of sp³-hybridized carbons (Fsp3) is 0.500. The van der Waals surface area contributed by atoms with Gasteiger partial charge in [-0.25, -0.2) is 9.78 Å². The molecule has 0 aromatic carbocycles. The first-order chi connectivity index (χ1) is 8.15. The second kappa shape index (κ2) is 3.56. The highest BCUT2D eigenvalue weighted by molar-refractivity contribution is 5.68. The van der Waals surface area contributed by atoms with Crippen molar-refractivity contribution < 1.29 is 0 Å². The van der Waals surface area contributed by atoms with E-state index in [4.69, 9.17) is 0 Å². The number of hydrogen-bond donors (Lipinski definition) is 4. The van der Waals surface area contributed by atoms with Crippen LogP contribution >= 0.6 is 0 Å². The monoisotopic (exact) mass is 235 g/mol. The normalized spacial score (nSPS) is 18.2. The second-order valence-electron chi connectivity index (χ2n) is 4.46. The molecule has 7 nitrogen and oxygen atoms in total. The van der Waals surface area contributed by atoms with Crippen molar-refractivity contribution in [2.45, 2.75) is 12.8 Å². The highest BCUT2D eigenvalue weighted by atomic mass is 16.2. The van der Waals surface area contributed by atoms with Crippen LogP contribution < -0.4 is 16.6 Å². The van der Waals surface area contributed by atoms with E-state index in [1.165, 1.54) is 0 Å². The van der Waals surface area contributed by atoms with Crippen LogP contribution in [0.15, 0.2) is 9.59 Å². The number of aromatic nitrogens is 4. The van der Waals surface area contributed by atoms with Crippen LogP contribution in [0.1, 0.15) is 18.7 Å². The Hall–Kier alpha value is -1.89. The predicted molar refractivity (Wildman–Crippen MR) is 62.1 cm³/mol. The molecule has 1 atom stereocenters. The van der Waals surface area contributed by atoms with Crippen LogP contribution in [-0.2, 0) is 0 Å². The summed E-state index contributed by atoms with van der Waals surface area (Å²) in [5.74, 6) is 1.52. The van der Waals surface area contributed by atoms with Crippen molar-refractivity contribution in [1.82, 2.24) is 25.3 Å². The molecule has 1 saturated heterocycles. The number of rotatable bonds is 2. The van der Waals surface area contributed by atoms with E-state index in [9.17, 15) is 9.59 Å². The average molecular weight is 235 g/mol. The molecule has 0 spiro atoms. The van der Waals surface area contributed by atoms with Crippen molar-refractivity contribution in [3.05, 3.63) is 26.7 Å². The summed E-state index contributed by atoms with van der Waals surface area (Å²) in [6, 6.07) is 0. The Kier molecular flexibility index (Phi) is 2.15. The van der Waals surface area contributed by atoms with E-state index >= 15 is 0 Å². The summed E-state index contributed by atoms with van der Waals surface area (Å²) in [6.07, 6.45) is 0. The van der Waals surface area contributed by atoms with Gasteiger partial charge in [0, 0.05) is 5.92 Å². The molecule has 2 aromatic rings. The van der Waals surface area contributed by atoms with Gasteiger partial charge in [0.25, 0.3) is 5.56 Å². The molecule has 2 aromatic heterocycles. The van der Waals surface area contributed by atoms with Crippen LogP contribution in [0.25, 0.3) is 11.2 Å². The zero-order valence-corrected chi connectivity index (χ0v) is 9.33. The fourth-order valence-corrected chi connectivity index (χ4v) is 2.05. The quantitative estimate of drug-likeness (QED) is 0.550. The smallest absolute Gasteiger partial charge is 0.327 e. The Morgan fingerprint density at radius 2 is 2.00 bits per heavy atom. The minimum atomic E-state index is -0.529. The number of fused-ring (bicyclic) bond motifs is 1. The van der Waals surface area contributed by atoms with Crippen LogP contribution in [0.3, 0.4) is 0 Å². The van der Waals surface area contributed by atoms with E-state index in [1.807, 2.05) is 0 Å². The summed E-state index contributed by atoms with van der Waals surface area (Å²) in [4.78, 5) is 34.6. The summed E-state index contributed by atoms with van der Waals surface area (Å²) in [5, 5.41) is 3.20. The SMILES string of the molecule is CC(c1nc2[nH]c(=O)[nH]c(=O)c2[nH]1)C1CNC1. The van der Waals surface area contributed by atoms with Crippen molar-refractivity contribution >= 4 is 11.2 Å². The molecule has 7 heteroatoms. The van der Waals surface area contributed by atoms with Gasteiger partial charge in [0.1, 0.15) is 11.3 Å². The van der Waals surface area contributed by atoms with E-state index in [1.54, 1.807) is 0 Å². The molecule has 1 aliphatic rings. The van der Waals surface area contributed by atoms with Crippen LogP contribution in [0.2, 0.25) is 0 Å². The van der Waals surface area contributed by atoms with E-state index < -0.39 is 11.2 Å². The van der Waals surface area contributed by atoms with Gasteiger partial charge in [-0.2, -0.15) is 0 Å². The van der Waals surface area contributed by atoms with Gasteiger partial charge in [-0.3, -0.25) is 14.8 Å². The molecule has 4 N–H and O–H groups in total. The maximum Gasteiger partial charge on any atom is 0.327 e. The van der Waals surface area contributed by atoms with Gasteiger partial charge in [0.15, 0.2) is 5.65 Å². The van der Waals surface area contributed by atoms with Gasteiger partial charge in [0.05, 0.1) is 0 Å². The molecule has 1 aliphatic heterocycles. The van der Waals surface area contributed by atoms with E-state index in [-0.39, 0.29) is 5.92 Å². The van der Waals surface area contributed by atoms with Crippen molar-refractivity contribution in [2.24, 2.45) is 5.92 Å². The molecule has 0 amide bonds. The first-order valence-corrected chi connectivity index (χ1v) is 5.58. The molecule has 90 valence electrons. The van der Waals surface area contributed by atoms with Crippen LogP contribution in [-0.4, -0.2) is 33.0 Å². The maximum atomic E-state index is 11.5. The van der Waals surface area contributed by atoms with Crippen LogP contribution in [0, 0.1) is 5.92 Å². The maximum absolute atomic E-state index is 11.5. The lowest BCUT2D eigenvalue weighted by atomic mass is 9.88. The fourth-order valence-electron chi connectivity index (χ4n) is 2.05. The summed E-state index contributed by atoms with van der Waals surface area (Å²) in [5.41, 5.74) is -0.299. The molecule has 3 heterocycles. The van der Waals surface area contributed by atoms with Crippen LogP contribution in [0.4, 0.5) is 0 Å². The predicted octanol–water partition coefficient (Wildman–Crippen LogP) is -0.738. The molecule has 0 saturated carbocycles. The van der Waals surface area contributed by atoms with E-state index in [2.05, 4.69) is 32.2 Å². The molecule has 0 aliphatic carbocycles.